The van der Waals surface area contributed by atoms with Gasteiger partial charge in [0.05, 0.1) is 32.4 Å². The van der Waals surface area contributed by atoms with Gasteiger partial charge in [-0.05, 0) is 68.1 Å². The Morgan fingerprint density at radius 3 is 2.50 bits per heavy atom. The highest BCUT2D eigenvalue weighted by Crippen LogP contribution is 2.34. The summed E-state index contributed by atoms with van der Waals surface area (Å²) in [6, 6.07) is 18.2. The first-order chi connectivity index (χ1) is 15.5. The molecule has 4 rings (SSSR count). The number of nitrogens with zero attached hydrogens (tertiary/aromatic N) is 2. The number of likely N-dealkylation sites (tertiary alicyclic amines) is 1. The van der Waals surface area contributed by atoms with Gasteiger partial charge in [-0.3, -0.25) is 9.78 Å². The molecule has 32 heavy (non-hydrogen) atoms. The van der Waals surface area contributed by atoms with Crippen LogP contribution in [0.25, 0.3) is 11.1 Å². The van der Waals surface area contributed by atoms with Crippen LogP contribution in [-0.2, 0) is 11.2 Å². The number of methoxy groups -OCH3 is 2. The van der Waals surface area contributed by atoms with Crippen LogP contribution in [0.2, 0.25) is 0 Å². The van der Waals surface area contributed by atoms with Gasteiger partial charge >= 0.3 is 0 Å². The lowest BCUT2D eigenvalue weighted by molar-refractivity contribution is -0.131. The number of hydrogen-bond donors (Lipinski definition) is 0. The number of benzene rings is 2. The van der Waals surface area contributed by atoms with Crippen molar-refractivity contribution in [2.45, 2.75) is 39.2 Å². The number of carbonyl (C=O) groups is 1. The smallest absolute Gasteiger partial charge is 0.227 e. The first kappa shape index (κ1) is 21.9. The second-order valence-electron chi connectivity index (χ2n) is 8.39. The highest BCUT2D eigenvalue weighted by atomic mass is 16.5. The number of carbonyl (C=O) groups excluding carboxylic acids is 1. The van der Waals surface area contributed by atoms with Gasteiger partial charge in [0.15, 0.2) is 0 Å². The third-order valence-corrected chi connectivity index (χ3v) is 6.09. The molecule has 1 aliphatic heterocycles. The van der Waals surface area contributed by atoms with Gasteiger partial charge in [0, 0.05) is 17.8 Å². The number of rotatable bonds is 6. The molecule has 166 valence electrons. The van der Waals surface area contributed by atoms with E-state index in [1.54, 1.807) is 14.2 Å². The molecule has 1 saturated heterocycles. The summed E-state index contributed by atoms with van der Waals surface area (Å²) >= 11 is 0. The average Bonchev–Trinajstić information content (AvgIpc) is 3.29. The van der Waals surface area contributed by atoms with Crippen LogP contribution in [0.1, 0.15) is 41.4 Å². The maximum atomic E-state index is 13.3. The van der Waals surface area contributed by atoms with E-state index in [4.69, 9.17) is 14.5 Å². The van der Waals surface area contributed by atoms with E-state index < -0.39 is 0 Å². The summed E-state index contributed by atoms with van der Waals surface area (Å²) in [6.45, 7) is 4.80. The van der Waals surface area contributed by atoms with Gasteiger partial charge in [-0.25, -0.2) is 0 Å². The molecule has 0 spiro atoms. The molecular formula is C27H30N2O3. The fraction of sp³-hybridized carbons (Fsp3) is 0.333. The molecule has 0 unspecified atom stereocenters. The van der Waals surface area contributed by atoms with Crippen molar-refractivity contribution in [3.8, 4) is 22.6 Å². The van der Waals surface area contributed by atoms with E-state index in [0.717, 1.165) is 64.5 Å². The van der Waals surface area contributed by atoms with Gasteiger partial charge < -0.3 is 14.4 Å². The maximum absolute atomic E-state index is 13.3. The summed E-state index contributed by atoms with van der Waals surface area (Å²) in [5.74, 6) is 1.71. The number of aryl methyl sites for hydroxylation is 2. The molecule has 1 amide bonds. The minimum atomic E-state index is -0.00444. The van der Waals surface area contributed by atoms with Crippen molar-refractivity contribution in [3.05, 3.63) is 77.1 Å². The predicted molar refractivity (Wildman–Crippen MR) is 126 cm³/mol. The van der Waals surface area contributed by atoms with Crippen LogP contribution < -0.4 is 9.47 Å². The third-order valence-electron chi connectivity index (χ3n) is 6.09. The molecule has 0 bridgehead atoms. The molecule has 0 saturated carbocycles. The average molecular weight is 431 g/mol. The lowest BCUT2D eigenvalue weighted by Gasteiger charge is -2.25. The molecule has 0 N–H and O–H groups in total. The molecule has 1 atom stereocenters. The van der Waals surface area contributed by atoms with E-state index in [9.17, 15) is 4.79 Å². The van der Waals surface area contributed by atoms with Crippen molar-refractivity contribution in [3.63, 3.8) is 0 Å². The highest BCUT2D eigenvalue weighted by Gasteiger charge is 2.31. The fourth-order valence-corrected chi connectivity index (χ4v) is 4.50. The molecule has 5 heteroatoms. The van der Waals surface area contributed by atoms with Gasteiger partial charge in [-0.1, -0.05) is 29.8 Å². The van der Waals surface area contributed by atoms with Gasteiger partial charge in [0.25, 0.3) is 0 Å². The van der Waals surface area contributed by atoms with E-state index in [-0.39, 0.29) is 11.9 Å². The number of amides is 1. The number of pyridine rings is 1. The Hall–Kier alpha value is -3.34. The Kier molecular flexibility index (Phi) is 6.45. The SMILES string of the molecule is COc1ccc(-c2cc(C)nc([C@H]3CCCN3C(=O)Cc3cc(C)ccc3OC)c2)cc1. The summed E-state index contributed by atoms with van der Waals surface area (Å²) < 4.78 is 10.8. The molecule has 2 aromatic carbocycles. The number of ether oxygens (including phenoxy) is 2. The van der Waals surface area contributed by atoms with E-state index >= 15 is 0 Å². The maximum Gasteiger partial charge on any atom is 0.227 e. The molecule has 1 aromatic heterocycles. The van der Waals surface area contributed by atoms with E-state index in [1.165, 1.54) is 0 Å². The molecule has 0 radical (unpaired) electrons. The van der Waals surface area contributed by atoms with Crippen molar-refractivity contribution in [1.82, 2.24) is 9.88 Å². The number of hydrogen-bond acceptors (Lipinski definition) is 4. The van der Waals surface area contributed by atoms with Crippen molar-refractivity contribution in [1.29, 1.82) is 0 Å². The van der Waals surface area contributed by atoms with E-state index in [2.05, 4.69) is 24.3 Å². The zero-order valence-electron chi connectivity index (χ0n) is 19.2. The normalized spacial score (nSPS) is 15.6. The molecule has 0 aliphatic carbocycles. The van der Waals surface area contributed by atoms with Crippen molar-refractivity contribution in [2.75, 3.05) is 20.8 Å². The standard InChI is InChI=1S/C27H30N2O3/c1-18-7-12-26(32-4)22(14-18)17-27(30)29-13-5-6-25(29)24-16-21(15-19(2)28-24)20-8-10-23(31-3)11-9-20/h7-12,14-16,25H,5-6,13,17H2,1-4H3/t25-/m1/s1. The summed E-state index contributed by atoms with van der Waals surface area (Å²) in [5.41, 5.74) is 6.17. The predicted octanol–water partition coefficient (Wildman–Crippen LogP) is 5.29. The quantitative estimate of drug-likeness (QED) is 0.533. The van der Waals surface area contributed by atoms with Crippen LogP contribution in [0, 0.1) is 13.8 Å². The summed E-state index contributed by atoms with van der Waals surface area (Å²) in [7, 11) is 3.32. The monoisotopic (exact) mass is 430 g/mol. The second-order valence-corrected chi connectivity index (χ2v) is 8.39. The minimum absolute atomic E-state index is 0.00444. The molecule has 1 fully saturated rings. The number of aromatic nitrogens is 1. The lowest BCUT2D eigenvalue weighted by atomic mass is 10.0. The topological polar surface area (TPSA) is 51.7 Å². The van der Waals surface area contributed by atoms with Crippen LogP contribution in [0.3, 0.4) is 0 Å². The molecule has 5 nitrogen and oxygen atoms in total. The van der Waals surface area contributed by atoms with Crippen molar-refractivity contribution in [2.24, 2.45) is 0 Å². The summed E-state index contributed by atoms with van der Waals surface area (Å²) in [6.07, 6.45) is 2.24. The highest BCUT2D eigenvalue weighted by molar-refractivity contribution is 5.80. The van der Waals surface area contributed by atoms with Gasteiger partial charge in [-0.15, -0.1) is 0 Å². The summed E-state index contributed by atoms with van der Waals surface area (Å²) in [4.78, 5) is 20.1. The zero-order valence-corrected chi connectivity index (χ0v) is 19.2. The van der Waals surface area contributed by atoms with Crippen LogP contribution in [-0.4, -0.2) is 36.6 Å². The first-order valence-corrected chi connectivity index (χ1v) is 11.0. The Bertz CT molecular complexity index is 1110. The first-order valence-electron chi connectivity index (χ1n) is 11.0. The third kappa shape index (κ3) is 4.62. The van der Waals surface area contributed by atoms with Crippen LogP contribution in [0.4, 0.5) is 0 Å². The Balaban J connectivity index is 1.60. The van der Waals surface area contributed by atoms with Crippen LogP contribution in [0.5, 0.6) is 11.5 Å². The van der Waals surface area contributed by atoms with E-state index in [0.29, 0.717) is 6.42 Å². The Morgan fingerprint density at radius 1 is 1.00 bits per heavy atom. The molecular weight excluding hydrogens is 400 g/mol. The van der Waals surface area contributed by atoms with Crippen LogP contribution >= 0.6 is 0 Å². The van der Waals surface area contributed by atoms with Gasteiger partial charge in [0.1, 0.15) is 11.5 Å². The van der Waals surface area contributed by atoms with Crippen molar-refractivity contribution < 1.29 is 14.3 Å². The second kappa shape index (κ2) is 9.43. The largest absolute Gasteiger partial charge is 0.497 e. The molecule has 3 aromatic rings. The van der Waals surface area contributed by atoms with E-state index in [1.807, 2.05) is 49.1 Å². The Labute approximate surface area is 190 Å². The zero-order chi connectivity index (χ0) is 22.7. The lowest BCUT2D eigenvalue weighted by Crippen LogP contribution is -2.32. The molecule has 2 heterocycles. The van der Waals surface area contributed by atoms with Crippen LogP contribution in [0.15, 0.2) is 54.6 Å². The minimum Gasteiger partial charge on any atom is -0.497 e. The van der Waals surface area contributed by atoms with Crippen molar-refractivity contribution >= 4 is 5.91 Å². The molecule has 1 aliphatic rings. The van der Waals surface area contributed by atoms with Gasteiger partial charge in [-0.2, -0.15) is 0 Å². The van der Waals surface area contributed by atoms with Gasteiger partial charge in [0.2, 0.25) is 5.91 Å². The fourth-order valence-electron chi connectivity index (χ4n) is 4.50. The Morgan fingerprint density at radius 2 is 1.78 bits per heavy atom. The summed E-state index contributed by atoms with van der Waals surface area (Å²) in [5, 5.41) is 0.